The van der Waals surface area contributed by atoms with Gasteiger partial charge in [-0.25, -0.2) is 9.20 Å². The molecule has 7 heteroatoms. The van der Waals surface area contributed by atoms with Crippen LogP contribution in [0.4, 0.5) is 0 Å². The molecule has 0 radical (unpaired) electrons. The maximum atomic E-state index is 5.67. The quantitative estimate of drug-likeness (QED) is 0.413. The Balaban J connectivity index is 1.54. The highest BCUT2D eigenvalue weighted by Gasteiger charge is 2.13. The SMILES string of the molecule is COc1cc(-c2cnn(C)c2)cn2ncc(C#Cc3cnn(-c4cccc(C)c4)c3C)c12. The molecule has 0 aliphatic carbocycles. The third-order valence-corrected chi connectivity index (χ3v) is 5.42. The summed E-state index contributed by atoms with van der Waals surface area (Å²) in [6, 6.07) is 10.2. The normalized spacial score (nSPS) is 10.9. The third kappa shape index (κ3) is 3.42. The second kappa shape index (κ2) is 7.75. The number of rotatable bonds is 3. The highest BCUT2D eigenvalue weighted by Crippen LogP contribution is 2.29. The zero-order chi connectivity index (χ0) is 22.2. The first-order chi connectivity index (χ1) is 15.5. The summed E-state index contributed by atoms with van der Waals surface area (Å²) in [5.41, 5.74) is 7.67. The monoisotopic (exact) mass is 422 g/mol. The fraction of sp³-hybridized carbons (Fsp3) is 0.160. The van der Waals surface area contributed by atoms with Gasteiger partial charge in [-0.15, -0.1) is 0 Å². The van der Waals surface area contributed by atoms with Crippen molar-refractivity contribution in [1.29, 1.82) is 0 Å². The minimum absolute atomic E-state index is 0.709. The van der Waals surface area contributed by atoms with Gasteiger partial charge in [0.25, 0.3) is 0 Å². The van der Waals surface area contributed by atoms with Crippen LogP contribution in [0.2, 0.25) is 0 Å². The molecule has 7 nitrogen and oxygen atoms in total. The van der Waals surface area contributed by atoms with Crippen molar-refractivity contribution in [2.24, 2.45) is 7.05 Å². The molecule has 0 amide bonds. The summed E-state index contributed by atoms with van der Waals surface area (Å²) in [4.78, 5) is 0. The molecule has 4 heterocycles. The molecule has 0 aliphatic rings. The molecule has 0 bridgehead atoms. The first-order valence-electron chi connectivity index (χ1n) is 10.2. The van der Waals surface area contributed by atoms with E-state index in [1.807, 2.05) is 55.4 Å². The molecule has 4 aromatic heterocycles. The molecule has 0 spiro atoms. The summed E-state index contributed by atoms with van der Waals surface area (Å²) in [5.74, 6) is 7.22. The summed E-state index contributed by atoms with van der Waals surface area (Å²) in [6.07, 6.45) is 9.30. The van der Waals surface area contributed by atoms with Crippen LogP contribution >= 0.6 is 0 Å². The first-order valence-corrected chi connectivity index (χ1v) is 10.2. The molecular weight excluding hydrogens is 400 g/mol. The van der Waals surface area contributed by atoms with Crippen molar-refractivity contribution >= 4 is 5.52 Å². The standard InChI is InChI=1S/C25H22N6O/c1-17-6-5-7-23(10-17)31-18(2)19(12-28-31)8-9-20-13-27-30-16-21(11-24(32-4)25(20)30)22-14-26-29(3)15-22/h5-7,10-16H,1-4H3. The Bertz CT molecular complexity index is 1510. The van der Waals surface area contributed by atoms with Crippen LogP contribution in [0.15, 0.2) is 61.3 Å². The van der Waals surface area contributed by atoms with Gasteiger partial charge in [-0.3, -0.25) is 4.68 Å². The van der Waals surface area contributed by atoms with Crippen LogP contribution < -0.4 is 4.74 Å². The van der Waals surface area contributed by atoms with E-state index in [-0.39, 0.29) is 0 Å². The second-order valence-electron chi connectivity index (χ2n) is 7.70. The van der Waals surface area contributed by atoms with Gasteiger partial charge in [0.1, 0.15) is 11.3 Å². The summed E-state index contributed by atoms with van der Waals surface area (Å²) in [7, 11) is 3.55. The van der Waals surface area contributed by atoms with E-state index < -0.39 is 0 Å². The molecule has 0 atom stereocenters. The molecule has 0 unspecified atom stereocenters. The number of pyridine rings is 1. The van der Waals surface area contributed by atoms with E-state index in [1.54, 1.807) is 28.7 Å². The van der Waals surface area contributed by atoms with Gasteiger partial charge in [0, 0.05) is 30.6 Å². The molecule has 5 rings (SSSR count). The van der Waals surface area contributed by atoms with Crippen molar-refractivity contribution in [3.05, 3.63) is 83.7 Å². The average molecular weight is 422 g/mol. The van der Waals surface area contributed by atoms with Gasteiger partial charge in [-0.2, -0.15) is 15.3 Å². The van der Waals surface area contributed by atoms with E-state index >= 15 is 0 Å². The van der Waals surface area contributed by atoms with Gasteiger partial charge < -0.3 is 4.74 Å². The lowest BCUT2D eigenvalue weighted by atomic mass is 10.1. The van der Waals surface area contributed by atoms with Gasteiger partial charge in [0.05, 0.1) is 48.2 Å². The van der Waals surface area contributed by atoms with Crippen LogP contribution in [0.3, 0.4) is 0 Å². The molecule has 1 aromatic carbocycles. The molecule has 0 saturated carbocycles. The minimum Gasteiger partial charge on any atom is -0.494 e. The highest BCUT2D eigenvalue weighted by molar-refractivity contribution is 5.75. The lowest BCUT2D eigenvalue weighted by molar-refractivity contribution is 0.417. The molecule has 0 fully saturated rings. The number of hydrogen-bond donors (Lipinski definition) is 0. The first kappa shape index (κ1) is 19.6. The van der Waals surface area contributed by atoms with Crippen LogP contribution in [0.25, 0.3) is 22.3 Å². The molecule has 158 valence electrons. The average Bonchev–Trinajstić information content (AvgIpc) is 3.50. The number of benzene rings is 1. The van der Waals surface area contributed by atoms with Gasteiger partial charge in [0.2, 0.25) is 0 Å². The molecule has 0 N–H and O–H groups in total. The number of fused-ring (bicyclic) bond motifs is 1. The predicted molar refractivity (Wildman–Crippen MR) is 123 cm³/mol. The van der Waals surface area contributed by atoms with E-state index in [0.717, 1.165) is 39.2 Å². The number of aryl methyl sites for hydroxylation is 2. The summed E-state index contributed by atoms with van der Waals surface area (Å²) in [6.45, 7) is 4.09. The fourth-order valence-electron chi connectivity index (χ4n) is 3.75. The number of nitrogens with zero attached hydrogens (tertiary/aromatic N) is 6. The summed E-state index contributed by atoms with van der Waals surface area (Å²) >= 11 is 0. The molecule has 0 saturated heterocycles. The Morgan fingerprint density at radius 3 is 2.44 bits per heavy atom. The molecule has 32 heavy (non-hydrogen) atoms. The Morgan fingerprint density at radius 2 is 1.69 bits per heavy atom. The van der Waals surface area contributed by atoms with E-state index in [1.165, 1.54) is 5.56 Å². The molecular formula is C25H22N6O. The lowest BCUT2D eigenvalue weighted by Gasteiger charge is -2.06. The largest absolute Gasteiger partial charge is 0.494 e. The van der Waals surface area contributed by atoms with E-state index in [9.17, 15) is 0 Å². The Morgan fingerprint density at radius 1 is 0.875 bits per heavy atom. The number of ether oxygens (including phenoxy) is 1. The van der Waals surface area contributed by atoms with E-state index in [2.05, 4.69) is 46.2 Å². The lowest BCUT2D eigenvalue weighted by Crippen LogP contribution is -1.99. The fourth-order valence-corrected chi connectivity index (χ4v) is 3.75. The van der Waals surface area contributed by atoms with Gasteiger partial charge in [-0.05, 0) is 37.6 Å². The third-order valence-electron chi connectivity index (χ3n) is 5.42. The van der Waals surface area contributed by atoms with Crippen LogP contribution in [-0.2, 0) is 7.05 Å². The number of aromatic nitrogens is 6. The van der Waals surface area contributed by atoms with Gasteiger partial charge in [0.15, 0.2) is 0 Å². The Hall–Kier alpha value is -4.31. The van der Waals surface area contributed by atoms with Crippen LogP contribution in [0.1, 0.15) is 22.4 Å². The Kier molecular flexibility index (Phi) is 4.75. The van der Waals surface area contributed by atoms with Gasteiger partial charge >= 0.3 is 0 Å². The van der Waals surface area contributed by atoms with Crippen LogP contribution in [0, 0.1) is 25.7 Å². The van der Waals surface area contributed by atoms with Crippen molar-refractivity contribution in [2.75, 3.05) is 7.11 Å². The topological polar surface area (TPSA) is 62.2 Å². The van der Waals surface area contributed by atoms with Crippen LogP contribution in [-0.4, -0.2) is 36.3 Å². The van der Waals surface area contributed by atoms with Gasteiger partial charge in [-0.1, -0.05) is 24.0 Å². The van der Waals surface area contributed by atoms with Crippen molar-refractivity contribution in [3.8, 4) is 34.4 Å². The summed E-state index contributed by atoms with van der Waals surface area (Å²) in [5, 5.41) is 13.3. The van der Waals surface area contributed by atoms with Crippen molar-refractivity contribution < 1.29 is 4.74 Å². The van der Waals surface area contributed by atoms with Crippen molar-refractivity contribution in [1.82, 2.24) is 29.2 Å². The van der Waals surface area contributed by atoms with Crippen molar-refractivity contribution in [3.63, 3.8) is 0 Å². The maximum absolute atomic E-state index is 5.67. The second-order valence-corrected chi connectivity index (χ2v) is 7.70. The van der Waals surface area contributed by atoms with Crippen LogP contribution in [0.5, 0.6) is 5.75 Å². The summed E-state index contributed by atoms with van der Waals surface area (Å²) < 4.78 is 11.2. The maximum Gasteiger partial charge on any atom is 0.146 e. The molecule has 0 aliphatic heterocycles. The smallest absolute Gasteiger partial charge is 0.146 e. The number of methoxy groups -OCH3 is 1. The minimum atomic E-state index is 0.709. The van der Waals surface area contributed by atoms with E-state index in [4.69, 9.17) is 4.74 Å². The molecule has 5 aromatic rings. The highest BCUT2D eigenvalue weighted by atomic mass is 16.5. The van der Waals surface area contributed by atoms with E-state index in [0.29, 0.717) is 5.75 Å². The zero-order valence-electron chi connectivity index (χ0n) is 18.4. The Labute approximate surface area is 185 Å². The zero-order valence-corrected chi connectivity index (χ0v) is 18.4. The number of hydrogen-bond acceptors (Lipinski definition) is 4. The van der Waals surface area contributed by atoms with Crippen molar-refractivity contribution in [2.45, 2.75) is 13.8 Å². The predicted octanol–water partition coefficient (Wildman–Crippen LogP) is 3.95.